The zero-order valence-corrected chi connectivity index (χ0v) is 22.8. The number of amides is 2. The third-order valence-electron chi connectivity index (χ3n) is 5.14. The minimum Gasteiger partial charge on any atom is -0.490 e. The summed E-state index contributed by atoms with van der Waals surface area (Å²) in [6.07, 6.45) is 1.46. The maximum atomic E-state index is 13.4. The number of carbonyl (C=O) groups excluding carboxylic acids is 2. The van der Waals surface area contributed by atoms with Crippen molar-refractivity contribution < 1.29 is 19.1 Å². The molecular formula is C26H19BrCl2N2O4S. The first-order valence-corrected chi connectivity index (χ1v) is 12.7. The van der Waals surface area contributed by atoms with Crippen LogP contribution in [-0.2, 0) is 16.2 Å². The van der Waals surface area contributed by atoms with Crippen molar-refractivity contribution in [2.45, 2.75) is 13.5 Å². The van der Waals surface area contributed by atoms with Gasteiger partial charge in [-0.05, 0) is 76.5 Å². The minimum absolute atomic E-state index is 0.0906. The molecule has 1 heterocycles. The Bertz CT molecular complexity index is 1380. The molecule has 3 aromatic rings. The molecule has 0 bridgehead atoms. The molecule has 1 fully saturated rings. The second-order valence-corrected chi connectivity index (χ2v) is 9.59. The summed E-state index contributed by atoms with van der Waals surface area (Å²) in [7, 11) is 0. The van der Waals surface area contributed by atoms with Crippen molar-refractivity contribution >= 4 is 80.0 Å². The normalized spacial score (nSPS) is 14.7. The number of benzene rings is 3. The maximum absolute atomic E-state index is 13.4. The predicted molar refractivity (Wildman–Crippen MR) is 149 cm³/mol. The Labute approximate surface area is 231 Å². The molecule has 6 nitrogen and oxygen atoms in total. The lowest BCUT2D eigenvalue weighted by molar-refractivity contribution is -0.122. The second kappa shape index (κ2) is 11.4. The molecule has 1 aliphatic heterocycles. The lowest BCUT2D eigenvalue weighted by Crippen LogP contribution is -2.54. The van der Waals surface area contributed by atoms with Gasteiger partial charge < -0.3 is 9.47 Å². The number of hydrogen-bond acceptors (Lipinski definition) is 5. The molecular weight excluding hydrogens is 587 g/mol. The van der Waals surface area contributed by atoms with E-state index in [0.29, 0.717) is 34.7 Å². The summed E-state index contributed by atoms with van der Waals surface area (Å²) < 4.78 is 12.4. The summed E-state index contributed by atoms with van der Waals surface area (Å²) >= 11 is 21.2. The number of nitrogens with zero attached hydrogens (tertiary/aromatic N) is 1. The van der Waals surface area contributed by atoms with Gasteiger partial charge in [0.15, 0.2) is 16.6 Å². The number of halogens is 3. The van der Waals surface area contributed by atoms with Gasteiger partial charge in [-0.15, -0.1) is 0 Å². The number of nitrogens with one attached hydrogen (secondary N) is 1. The third-order valence-corrected chi connectivity index (χ3v) is 6.83. The Kier molecular flexibility index (Phi) is 8.31. The number of carbonyl (C=O) groups is 2. The van der Waals surface area contributed by atoms with E-state index in [0.717, 1.165) is 10.5 Å². The van der Waals surface area contributed by atoms with E-state index in [2.05, 4.69) is 21.2 Å². The Morgan fingerprint density at radius 3 is 2.53 bits per heavy atom. The van der Waals surface area contributed by atoms with Crippen LogP contribution in [0.3, 0.4) is 0 Å². The van der Waals surface area contributed by atoms with E-state index in [1.54, 1.807) is 30.3 Å². The first-order chi connectivity index (χ1) is 17.3. The molecule has 36 heavy (non-hydrogen) atoms. The largest absolute Gasteiger partial charge is 0.490 e. The van der Waals surface area contributed by atoms with Crippen molar-refractivity contribution in [3.63, 3.8) is 0 Å². The van der Waals surface area contributed by atoms with Gasteiger partial charge in [0, 0.05) is 0 Å². The van der Waals surface area contributed by atoms with Crippen molar-refractivity contribution in [2.24, 2.45) is 0 Å². The van der Waals surface area contributed by atoms with Crippen LogP contribution in [0, 0.1) is 0 Å². The van der Waals surface area contributed by atoms with Crippen LogP contribution in [0.2, 0.25) is 10.0 Å². The van der Waals surface area contributed by atoms with E-state index < -0.39 is 11.8 Å². The maximum Gasteiger partial charge on any atom is 0.270 e. The zero-order chi connectivity index (χ0) is 25.8. The number of anilines is 1. The highest BCUT2D eigenvalue weighted by atomic mass is 79.9. The molecule has 10 heteroatoms. The Balaban J connectivity index is 1.69. The van der Waals surface area contributed by atoms with Crippen LogP contribution in [0.25, 0.3) is 6.08 Å². The molecule has 0 radical (unpaired) electrons. The van der Waals surface area contributed by atoms with Crippen LogP contribution >= 0.6 is 51.3 Å². The van der Waals surface area contributed by atoms with Gasteiger partial charge in [-0.1, -0.05) is 59.6 Å². The number of rotatable bonds is 7. The fraction of sp³-hybridized carbons (Fsp3) is 0.115. The molecule has 4 rings (SSSR count). The summed E-state index contributed by atoms with van der Waals surface area (Å²) in [6.45, 7) is 2.59. The molecule has 0 aromatic heterocycles. The fourth-order valence-corrected chi connectivity index (χ4v) is 4.74. The molecule has 1 saturated heterocycles. The van der Waals surface area contributed by atoms with E-state index in [1.807, 2.05) is 37.3 Å². The van der Waals surface area contributed by atoms with Crippen LogP contribution in [0.4, 0.5) is 5.69 Å². The van der Waals surface area contributed by atoms with Gasteiger partial charge in [0.1, 0.15) is 12.2 Å². The Hall–Kier alpha value is -2.91. The van der Waals surface area contributed by atoms with Gasteiger partial charge in [-0.25, -0.2) is 0 Å². The first kappa shape index (κ1) is 26.2. The minimum atomic E-state index is -0.633. The number of ether oxygens (including phenoxy) is 2. The molecule has 0 spiro atoms. The highest BCUT2D eigenvalue weighted by molar-refractivity contribution is 9.10. The van der Waals surface area contributed by atoms with Crippen molar-refractivity contribution in [3.05, 3.63) is 91.9 Å². The third kappa shape index (κ3) is 5.57. The molecule has 184 valence electrons. The number of thiocarbonyl (C=S) groups is 1. The summed E-state index contributed by atoms with van der Waals surface area (Å²) in [5.74, 6) is -0.288. The van der Waals surface area contributed by atoms with E-state index >= 15 is 0 Å². The summed E-state index contributed by atoms with van der Waals surface area (Å²) in [6, 6.07) is 18.0. The molecule has 2 amide bonds. The Morgan fingerprint density at radius 1 is 1.06 bits per heavy atom. The summed E-state index contributed by atoms with van der Waals surface area (Å²) in [5, 5.41) is 2.85. The summed E-state index contributed by atoms with van der Waals surface area (Å²) in [4.78, 5) is 27.3. The van der Waals surface area contributed by atoms with Crippen LogP contribution in [0.15, 0.2) is 70.7 Å². The average Bonchev–Trinajstić information content (AvgIpc) is 2.84. The first-order valence-electron chi connectivity index (χ1n) is 10.8. The van der Waals surface area contributed by atoms with Crippen molar-refractivity contribution in [3.8, 4) is 11.5 Å². The molecule has 3 aromatic carbocycles. The van der Waals surface area contributed by atoms with Gasteiger partial charge in [-0.2, -0.15) is 0 Å². The van der Waals surface area contributed by atoms with Crippen LogP contribution in [0.5, 0.6) is 11.5 Å². The lowest BCUT2D eigenvalue weighted by atomic mass is 10.1. The van der Waals surface area contributed by atoms with Crippen LogP contribution in [0.1, 0.15) is 18.1 Å². The topological polar surface area (TPSA) is 67.9 Å². The van der Waals surface area contributed by atoms with E-state index in [4.69, 9.17) is 44.9 Å². The second-order valence-electron chi connectivity index (χ2n) is 7.57. The quantitative estimate of drug-likeness (QED) is 0.188. The zero-order valence-electron chi connectivity index (χ0n) is 18.9. The van der Waals surface area contributed by atoms with Crippen LogP contribution < -0.4 is 19.7 Å². The van der Waals surface area contributed by atoms with Gasteiger partial charge >= 0.3 is 0 Å². The van der Waals surface area contributed by atoms with Gasteiger partial charge in [0.25, 0.3) is 11.8 Å². The van der Waals surface area contributed by atoms with Gasteiger partial charge in [0.2, 0.25) is 0 Å². The molecule has 1 aliphatic rings. The highest BCUT2D eigenvalue weighted by Gasteiger charge is 2.35. The highest BCUT2D eigenvalue weighted by Crippen LogP contribution is 2.39. The van der Waals surface area contributed by atoms with E-state index in [-0.39, 0.29) is 26.4 Å². The van der Waals surface area contributed by atoms with Gasteiger partial charge in [-0.3, -0.25) is 19.8 Å². The predicted octanol–water partition coefficient (Wildman–Crippen LogP) is 6.56. The molecule has 0 saturated carbocycles. The van der Waals surface area contributed by atoms with Crippen molar-refractivity contribution in [1.29, 1.82) is 0 Å². The summed E-state index contributed by atoms with van der Waals surface area (Å²) in [5.41, 5.74) is 1.68. The van der Waals surface area contributed by atoms with Crippen LogP contribution in [-0.4, -0.2) is 23.5 Å². The average molecular weight is 606 g/mol. The fourth-order valence-electron chi connectivity index (χ4n) is 3.51. The molecule has 0 unspecified atom stereocenters. The van der Waals surface area contributed by atoms with Crippen molar-refractivity contribution in [2.75, 3.05) is 11.5 Å². The lowest BCUT2D eigenvalue weighted by Gasteiger charge is -2.29. The Morgan fingerprint density at radius 2 is 1.81 bits per heavy atom. The molecule has 0 atom stereocenters. The smallest absolute Gasteiger partial charge is 0.270 e. The van der Waals surface area contributed by atoms with Crippen molar-refractivity contribution in [1.82, 2.24) is 5.32 Å². The van der Waals surface area contributed by atoms with E-state index in [9.17, 15) is 9.59 Å². The van der Waals surface area contributed by atoms with E-state index in [1.165, 1.54) is 6.08 Å². The standard InChI is InChI=1S/C26H19BrCl2N2O4S/c1-2-34-21-13-16(12-18(27)23(21)35-14-15-7-4-3-5-8-15)11-17-24(32)30-26(36)31(25(17)33)20-10-6-9-19(28)22(20)29/h3-13H,2,14H2,1H3,(H,30,32,36)/b17-11+. The van der Waals surface area contributed by atoms with Gasteiger partial charge in [0.05, 0.1) is 26.8 Å². The molecule has 0 aliphatic carbocycles. The SMILES string of the molecule is CCOc1cc(/C=C2\C(=O)NC(=S)N(c3cccc(Cl)c3Cl)C2=O)cc(Br)c1OCc1ccccc1. The molecule has 1 N–H and O–H groups in total. The monoisotopic (exact) mass is 604 g/mol. The number of hydrogen-bond donors (Lipinski definition) is 1.